The number of hydrogen-bond donors (Lipinski definition) is 1. The molecule has 2 aromatic rings. The highest BCUT2D eigenvalue weighted by atomic mass is 16.5. The van der Waals surface area contributed by atoms with Crippen LogP contribution < -0.4 is 10.1 Å². The van der Waals surface area contributed by atoms with E-state index in [1.807, 2.05) is 30.3 Å². The summed E-state index contributed by atoms with van der Waals surface area (Å²) in [5.74, 6) is 0.874. The molecule has 6 nitrogen and oxygen atoms in total. The lowest BCUT2D eigenvalue weighted by Crippen LogP contribution is -2.21. The molecule has 1 unspecified atom stereocenters. The Labute approximate surface area is 145 Å². The van der Waals surface area contributed by atoms with Gasteiger partial charge in [-0.3, -0.25) is 9.79 Å². The number of allylic oxidation sites excluding steroid dienone is 1. The predicted molar refractivity (Wildman–Crippen MR) is 96.0 cm³/mol. The van der Waals surface area contributed by atoms with E-state index in [0.717, 1.165) is 36.1 Å². The summed E-state index contributed by atoms with van der Waals surface area (Å²) >= 11 is 0. The van der Waals surface area contributed by atoms with Gasteiger partial charge in [-0.2, -0.15) is 0 Å². The number of anilines is 1. The standard InChI is InChI=1S/C19H19N3O3/c23-18(17-2-1-7-20-17)22-15-3-4-16-14(10-15)5-8-21-19(16)25-12-13-6-9-24-11-13/h1,3-5,7-8,10,13H,2,6,9,11-12H2,(H,22,23). The molecule has 1 N–H and O–H groups in total. The molecule has 0 radical (unpaired) electrons. The van der Waals surface area contributed by atoms with Gasteiger partial charge < -0.3 is 14.8 Å². The molecule has 0 spiro atoms. The Morgan fingerprint density at radius 3 is 3.12 bits per heavy atom. The number of pyridine rings is 1. The summed E-state index contributed by atoms with van der Waals surface area (Å²) in [6, 6.07) is 7.61. The van der Waals surface area contributed by atoms with E-state index in [0.29, 0.717) is 30.5 Å². The minimum Gasteiger partial charge on any atom is -0.477 e. The van der Waals surface area contributed by atoms with Crippen LogP contribution in [0, 0.1) is 5.92 Å². The molecule has 2 aliphatic rings. The number of carbonyl (C=O) groups is 1. The molecule has 0 bridgehead atoms. The predicted octanol–water partition coefficient (Wildman–Crippen LogP) is 2.95. The van der Waals surface area contributed by atoms with Gasteiger partial charge >= 0.3 is 0 Å². The van der Waals surface area contributed by atoms with E-state index >= 15 is 0 Å². The third-order valence-corrected chi connectivity index (χ3v) is 4.37. The van der Waals surface area contributed by atoms with Gasteiger partial charge in [0.15, 0.2) is 0 Å². The second-order valence-corrected chi connectivity index (χ2v) is 6.21. The van der Waals surface area contributed by atoms with E-state index in [9.17, 15) is 4.79 Å². The Bertz CT molecular complexity index is 854. The number of ether oxygens (including phenoxy) is 2. The summed E-state index contributed by atoms with van der Waals surface area (Å²) in [6.45, 7) is 2.16. The lowest BCUT2D eigenvalue weighted by Gasteiger charge is -2.12. The number of amides is 1. The fourth-order valence-electron chi connectivity index (χ4n) is 2.97. The highest BCUT2D eigenvalue weighted by Crippen LogP contribution is 2.27. The second-order valence-electron chi connectivity index (χ2n) is 6.21. The van der Waals surface area contributed by atoms with Crippen LogP contribution >= 0.6 is 0 Å². The van der Waals surface area contributed by atoms with E-state index in [-0.39, 0.29) is 5.91 Å². The van der Waals surface area contributed by atoms with Crippen molar-refractivity contribution in [1.29, 1.82) is 0 Å². The Balaban J connectivity index is 1.49. The molecular weight excluding hydrogens is 318 g/mol. The Morgan fingerprint density at radius 1 is 1.36 bits per heavy atom. The van der Waals surface area contributed by atoms with E-state index in [1.165, 1.54) is 0 Å². The lowest BCUT2D eigenvalue weighted by molar-refractivity contribution is -0.110. The van der Waals surface area contributed by atoms with Crippen LogP contribution in [0.15, 0.2) is 47.7 Å². The number of aromatic nitrogens is 1. The number of aliphatic imine (C=N–C) groups is 1. The summed E-state index contributed by atoms with van der Waals surface area (Å²) in [4.78, 5) is 20.5. The summed E-state index contributed by atoms with van der Waals surface area (Å²) in [6.07, 6.45) is 6.84. The van der Waals surface area contributed by atoms with Crippen molar-refractivity contribution in [2.45, 2.75) is 12.8 Å². The molecule has 1 aromatic heterocycles. The Hall–Kier alpha value is -2.73. The molecule has 3 heterocycles. The number of fused-ring (bicyclic) bond motifs is 1. The Morgan fingerprint density at radius 2 is 2.32 bits per heavy atom. The van der Waals surface area contributed by atoms with Crippen LogP contribution in [0.5, 0.6) is 5.88 Å². The zero-order valence-corrected chi connectivity index (χ0v) is 13.8. The van der Waals surface area contributed by atoms with Crippen LogP contribution in [0.2, 0.25) is 0 Å². The molecule has 0 saturated carbocycles. The van der Waals surface area contributed by atoms with E-state index < -0.39 is 0 Å². The quantitative estimate of drug-likeness (QED) is 0.910. The zero-order chi connectivity index (χ0) is 17.1. The first-order valence-corrected chi connectivity index (χ1v) is 8.42. The smallest absolute Gasteiger partial charge is 0.270 e. The van der Waals surface area contributed by atoms with Crippen molar-refractivity contribution in [2.24, 2.45) is 10.9 Å². The van der Waals surface area contributed by atoms with Crippen molar-refractivity contribution in [3.8, 4) is 5.88 Å². The number of hydrogen-bond acceptors (Lipinski definition) is 5. The normalized spacial score (nSPS) is 19.2. The number of nitrogens with zero attached hydrogens (tertiary/aromatic N) is 2. The maximum atomic E-state index is 12.1. The van der Waals surface area contributed by atoms with Gasteiger partial charge in [0.25, 0.3) is 5.91 Å². The first-order valence-electron chi connectivity index (χ1n) is 8.42. The van der Waals surface area contributed by atoms with Gasteiger partial charge in [-0.15, -0.1) is 0 Å². The van der Waals surface area contributed by atoms with Crippen LogP contribution in [0.4, 0.5) is 5.69 Å². The molecule has 25 heavy (non-hydrogen) atoms. The summed E-state index contributed by atoms with van der Waals surface area (Å²) in [5.41, 5.74) is 1.26. The molecule has 1 fully saturated rings. The van der Waals surface area contributed by atoms with Gasteiger partial charge in [0.2, 0.25) is 5.88 Å². The fourth-order valence-corrected chi connectivity index (χ4v) is 2.97. The zero-order valence-electron chi connectivity index (χ0n) is 13.8. The van der Waals surface area contributed by atoms with Gasteiger partial charge in [0, 0.05) is 42.4 Å². The average molecular weight is 337 g/mol. The molecule has 1 saturated heterocycles. The summed E-state index contributed by atoms with van der Waals surface area (Å²) in [7, 11) is 0. The maximum absolute atomic E-state index is 12.1. The van der Waals surface area contributed by atoms with E-state index in [4.69, 9.17) is 9.47 Å². The van der Waals surface area contributed by atoms with Crippen molar-refractivity contribution in [1.82, 2.24) is 4.98 Å². The topological polar surface area (TPSA) is 72.8 Å². The van der Waals surface area contributed by atoms with Crippen molar-refractivity contribution < 1.29 is 14.3 Å². The molecule has 1 amide bonds. The maximum Gasteiger partial charge on any atom is 0.270 e. The largest absolute Gasteiger partial charge is 0.477 e. The fraction of sp³-hybridized carbons (Fsp3) is 0.316. The second kappa shape index (κ2) is 7.03. The number of benzene rings is 1. The summed E-state index contributed by atoms with van der Waals surface area (Å²) < 4.78 is 11.3. The molecule has 4 rings (SSSR count). The van der Waals surface area contributed by atoms with E-state index in [2.05, 4.69) is 15.3 Å². The molecule has 128 valence electrons. The molecular formula is C19H19N3O3. The molecule has 6 heteroatoms. The van der Waals surface area contributed by atoms with Crippen molar-refractivity contribution in [2.75, 3.05) is 25.1 Å². The first-order chi connectivity index (χ1) is 12.3. The molecule has 0 aliphatic carbocycles. The highest BCUT2D eigenvalue weighted by Gasteiger charge is 2.17. The average Bonchev–Trinajstić information content (AvgIpc) is 3.33. The van der Waals surface area contributed by atoms with Gasteiger partial charge in [-0.1, -0.05) is 6.08 Å². The van der Waals surface area contributed by atoms with Crippen LogP contribution in [-0.2, 0) is 9.53 Å². The van der Waals surface area contributed by atoms with Crippen LogP contribution in [0.1, 0.15) is 12.8 Å². The molecule has 1 atom stereocenters. The molecule has 2 aliphatic heterocycles. The third-order valence-electron chi connectivity index (χ3n) is 4.37. The first kappa shape index (κ1) is 15.8. The van der Waals surface area contributed by atoms with Crippen LogP contribution in [-0.4, -0.2) is 36.4 Å². The van der Waals surface area contributed by atoms with Crippen LogP contribution in [0.3, 0.4) is 0 Å². The van der Waals surface area contributed by atoms with Crippen LogP contribution in [0.25, 0.3) is 10.8 Å². The number of nitrogens with one attached hydrogen (secondary N) is 1. The van der Waals surface area contributed by atoms with Gasteiger partial charge in [-0.05, 0) is 36.1 Å². The van der Waals surface area contributed by atoms with Gasteiger partial charge in [0.05, 0.1) is 13.2 Å². The van der Waals surface area contributed by atoms with E-state index in [1.54, 1.807) is 12.4 Å². The van der Waals surface area contributed by atoms with Crippen molar-refractivity contribution in [3.63, 3.8) is 0 Å². The number of carbonyl (C=O) groups excluding carboxylic acids is 1. The number of rotatable bonds is 5. The third kappa shape index (κ3) is 3.53. The van der Waals surface area contributed by atoms with Gasteiger partial charge in [-0.25, -0.2) is 4.98 Å². The molecule has 1 aromatic carbocycles. The van der Waals surface area contributed by atoms with Crippen molar-refractivity contribution in [3.05, 3.63) is 42.7 Å². The lowest BCUT2D eigenvalue weighted by atomic mass is 10.1. The monoisotopic (exact) mass is 337 g/mol. The minimum atomic E-state index is -0.170. The summed E-state index contributed by atoms with van der Waals surface area (Å²) in [5, 5.41) is 4.78. The highest BCUT2D eigenvalue weighted by molar-refractivity contribution is 6.44. The Kier molecular flexibility index (Phi) is 4.43. The minimum absolute atomic E-state index is 0.170. The SMILES string of the molecule is O=C(Nc1ccc2c(OCC3CCOC3)nccc2c1)C1=NC=CC1. The van der Waals surface area contributed by atoms with Crippen molar-refractivity contribution >= 4 is 28.1 Å². The van der Waals surface area contributed by atoms with Gasteiger partial charge in [0.1, 0.15) is 5.71 Å².